The zero-order valence-electron chi connectivity index (χ0n) is 9.65. The van der Waals surface area contributed by atoms with E-state index in [1.807, 2.05) is 24.3 Å². The molecular weight excluding hydrogens is 218 g/mol. The molecule has 1 aromatic carbocycles. The highest BCUT2D eigenvalue weighted by atomic mass is 16.5. The Hall–Kier alpha value is -1.88. The zero-order chi connectivity index (χ0) is 12.1. The maximum Gasteiger partial charge on any atom is 0.137 e. The molecule has 1 N–H and O–H groups in total. The lowest BCUT2D eigenvalue weighted by Gasteiger charge is -2.14. The second kappa shape index (κ2) is 5.45. The van der Waals surface area contributed by atoms with E-state index in [1.54, 1.807) is 18.1 Å². The van der Waals surface area contributed by atoms with Crippen molar-refractivity contribution in [1.82, 2.24) is 14.8 Å². The molecule has 0 saturated heterocycles. The van der Waals surface area contributed by atoms with Gasteiger partial charge in [0.05, 0.1) is 19.8 Å². The van der Waals surface area contributed by atoms with Crippen LogP contribution in [-0.2, 0) is 6.42 Å². The van der Waals surface area contributed by atoms with Gasteiger partial charge < -0.3 is 9.84 Å². The minimum Gasteiger partial charge on any atom is -0.497 e. The van der Waals surface area contributed by atoms with E-state index < -0.39 is 0 Å². The number of ether oxygens (including phenoxy) is 1. The van der Waals surface area contributed by atoms with Crippen molar-refractivity contribution in [3.63, 3.8) is 0 Å². The van der Waals surface area contributed by atoms with E-state index in [0.29, 0.717) is 6.42 Å². The van der Waals surface area contributed by atoms with Crippen molar-refractivity contribution < 1.29 is 9.84 Å². The Morgan fingerprint density at radius 3 is 2.65 bits per heavy atom. The van der Waals surface area contributed by atoms with E-state index in [4.69, 9.17) is 4.74 Å². The molecule has 0 bridgehead atoms. The molecule has 5 nitrogen and oxygen atoms in total. The Balaban J connectivity index is 2.07. The molecule has 90 valence electrons. The number of nitrogens with zero attached hydrogens (tertiary/aromatic N) is 3. The van der Waals surface area contributed by atoms with Gasteiger partial charge in [-0.3, -0.25) is 0 Å². The van der Waals surface area contributed by atoms with Crippen LogP contribution in [0.15, 0.2) is 36.9 Å². The van der Waals surface area contributed by atoms with Crippen LogP contribution >= 0.6 is 0 Å². The van der Waals surface area contributed by atoms with Crippen LogP contribution in [0.4, 0.5) is 0 Å². The molecule has 0 aliphatic carbocycles. The van der Waals surface area contributed by atoms with E-state index in [2.05, 4.69) is 10.1 Å². The third kappa shape index (κ3) is 2.82. The van der Waals surface area contributed by atoms with Gasteiger partial charge in [-0.2, -0.15) is 5.10 Å². The van der Waals surface area contributed by atoms with Crippen LogP contribution in [0, 0.1) is 0 Å². The maximum atomic E-state index is 9.35. The summed E-state index contributed by atoms with van der Waals surface area (Å²) in [5.74, 6) is 0.829. The highest BCUT2D eigenvalue weighted by molar-refractivity contribution is 5.27. The molecular formula is C12H15N3O2. The number of aromatic nitrogens is 3. The number of hydrogen-bond donors (Lipinski definition) is 1. The van der Waals surface area contributed by atoms with Crippen LogP contribution in [0.25, 0.3) is 0 Å². The third-order valence-corrected chi connectivity index (χ3v) is 2.65. The smallest absolute Gasteiger partial charge is 0.137 e. The van der Waals surface area contributed by atoms with Gasteiger partial charge >= 0.3 is 0 Å². The number of aliphatic hydroxyl groups is 1. The number of rotatable bonds is 5. The fourth-order valence-corrected chi connectivity index (χ4v) is 1.68. The summed E-state index contributed by atoms with van der Waals surface area (Å²) < 4.78 is 6.77. The van der Waals surface area contributed by atoms with Gasteiger partial charge in [0.1, 0.15) is 18.4 Å². The number of methoxy groups -OCH3 is 1. The molecule has 1 heterocycles. The topological polar surface area (TPSA) is 60.2 Å². The summed E-state index contributed by atoms with van der Waals surface area (Å²) in [6, 6.07) is 7.71. The van der Waals surface area contributed by atoms with Gasteiger partial charge in [-0.25, -0.2) is 9.67 Å². The highest BCUT2D eigenvalue weighted by Gasteiger charge is 2.11. The molecule has 5 heteroatoms. The molecule has 0 saturated carbocycles. The van der Waals surface area contributed by atoms with Crippen molar-refractivity contribution >= 4 is 0 Å². The normalized spacial score (nSPS) is 12.4. The van der Waals surface area contributed by atoms with Gasteiger partial charge in [-0.1, -0.05) is 12.1 Å². The van der Waals surface area contributed by atoms with E-state index in [1.165, 1.54) is 6.33 Å². The van der Waals surface area contributed by atoms with Crippen LogP contribution in [0.3, 0.4) is 0 Å². The average molecular weight is 233 g/mol. The quantitative estimate of drug-likeness (QED) is 0.839. The number of benzene rings is 1. The molecule has 0 radical (unpaired) electrons. The molecule has 2 aromatic rings. The molecule has 0 fully saturated rings. The summed E-state index contributed by atoms with van der Waals surface area (Å²) in [6.07, 6.45) is 3.80. The van der Waals surface area contributed by atoms with Crippen LogP contribution in [0.5, 0.6) is 5.75 Å². The Labute approximate surface area is 99.7 Å². The predicted octanol–water partition coefficient (Wildman–Crippen LogP) is 1.06. The molecule has 0 aliphatic heterocycles. The average Bonchev–Trinajstić information content (AvgIpc) is 2.90. The van der Waals surface area contributed by atoms with Crippen molar-refractivity contribution in [3.8, 4) is 5.75 Å². The van der Waals surface area contributed by atoms with Gasteiger partial charge in [0.15, 0.2) is 0 Å². The van der Waals surface area contributed by atoms with Crippen LogP contribution in [0.1, 0.15) is 11.6 Å². The van der Waals surface area contributed by atoms with Gasteiger partial charge in [0, 0.05) is 0 Å². The summed E-state index contributed by atoms with van der Waals surface area (Å²) in [6.45, 7) is 0.0371. The summed E-state index contributed by atoms with van der Waals surface area (Å²) in [5, 5.41) is 13.4. The van der Waals surface area contributed by atoms with Crippen LogP contribution < -0.4 is 4.74 Å². The Bertz CT molecular complexity index is 439. The molecule has 1 atom stereocenters. The first-order valence-electron chi connectivity index (χ1n) is 5.41. The fraction of sp³-hybridized carbons (Fsp3) is 0.333. The molecule has 1 unspecified atom stereocenters. The molecule has 0 spiro atoms. The predicted molar refractivity (Wildman–Crippen MR) is 62.8 cm³/mol. The lowest BCUT2D eigenvalue weighted by atomic mass is 10.1. The third-order valence-electron chi connectivity index (χ3n) is 2.65. The second-order valence-electron chi connectivity index (χ2n) is 3.76. The summed E-state index contributed by atoms with van der Waals surface area (Å²) in [5.41, 5.74) is 1.13. The van der Waals surface area contributed by atoms with E-state index in [0.717, 1.165) is 11.3 Å². The fourth-order valence-electron chi connectivity index (χ4n) is 1.68. The first-order chi connectivity index (χ1) is 8.33. The van der Waals surface area contributed by atoms with Crippen molar-refractivity contribution in [2.75, 3.05) is 13.7 Å². The Kier molecular flexibility index (Phi) is 3.72. The van der Waals surface area contributed by atoms with E-state index in [9.17, 15) is 5.11 Å². The Morgan fingerprint density at radius 2 is 2.12 bits per heavy atom. The zero-order valence-corrected chi connectivity index (χ0v) is 9.65. The van der Waals surface area contributed by atoms with Crippen molar-refractivity contribution in [2.45, 2.75) is 12.5 Å². The monoisotopic (exact) mass is 233 g/mol. The van der Waals surface area contributed by atoms with Crippen LogP contribution in [-0.4, -0.2) is 33.6 Å². The van der Waals surface area contributed by atoms with Crippen molar-refractivity contribution in [2.24, 2.45) is 0 Å². The Morgan fingerprint density at radius 1 is 1.35 bits per heavy atom. The first kappa shape index (κ1) is 11.6. The van der Waals surface area contributed by atoms with Crippen molar-refractivity contribution in [1.29, 1.82) is 0 Å². The van der Waals surface area contributed by atoms with Gasteiger partial charge in [0.25, 0.3) is 0 Å². The summed E-state index contributed by atoms with van der Waals surface area (Å²) in [7, 11) is 1.64. The second-order valence-corrected chi connectivity index (χ2v) is 3.76. The number of hydrogen-bond acceptors (Lipinski definition) is 4. The molecule has 0 amide bonds. The minimum atomic E-state index is -0.0779. The van der Waals surface area contributed by atoms with E-state index >= 15 is 0 Å². The maximum absolute atomic E-state index is 9.35. The van der Waals surface area contributed by atoms with Crippen molar-refractivity contribution in [3.05, 3.63) is 42.5 Å². The SMILES string of the molecule is COc1ccc(CC(CO)n2cncn2)cc1. The first-order valence-corrected chi connectivity index (χ1v) is 5.41. The molecule has 0 aliphatic rings. The minimum absolute atomic E-state index is 0.0371. The lowest BCUT2D eigenvalue weighted by Crippen LogP contribution is -2.16. The lowest BCUT2D eigenvalue weighted by molar-refractivity contribution is 0.217. The van der Waals surface area contributed by atoms with Crippen LogP contribution in [0.2, 0.25) is 0 Å². The summed E-state index contributed by atoms with van der Waals surface area (Å²) >= 11 is 0. The summed E-state index contributed by atoms with van der Waals surface area (Å²) in [4.78, 5) is 3.88. The van der Waals surface area contributed by atoms with Gasteiger partial charge in [0.2, 0.25) is 0 Å². The van der Waals surface area contributed by atoms with Gasteiger partial charge in [-0.05, 0) is 24.1 Å². The van der Waals surface area contributed by atoms with Gasteiger partial charge in [-0.15, -0.1) is 0 Å². The standard InChI is InChI=1S/C12H15N3O2/c1-17-12-4-2-10(3-5-12)6-11(7-16)15-9-13-8-14-15/h2-5,8-9,11,16H,6-7H2,1H3. The largest absolute Gasteiger partial charge is 0.497 e. The van der Waals surface area contributed by atoms with E-state index in [-0.39, 0.29) is 12.6 Å². The molecule has 1 aromatic heterocycles. The highest BCUT2D eigenvalue weighted by Crippen LogP contribution is 2.16. The number of aliphatic hydroxyl groups excluding tert-OH is 1. The molecule has 17 heavy (non-hydrogen) atoms. The molecule has 2 rings (SSSR count).